The first-order valence-electron chi connectivity index (χ1n) is 7.14. The lowest BCUT2D eigenvalue weighted by Gasteiger charge is -2.21. The summed E-state index contributed by atoms with van der Waals surface area (Å²) in [6.45, 7) is 4.57. The third-order valence-electron chi connectivity index (χ3n) is 3.35. The quantitative estimate of drug-likeness (QED) is 0.637. The van der Waals surface area contributed by atoms with Crippen LogP contribution in [0.5, 0.6) is 0 Å². The second kappa shape index (κ2) is 7.83. The molecule has 19 heavy (non-hydrogen) atoms. The molecule has 0 amide bonds. The number of nitrogens with one attached hydrogen (secondary N) is 1. The summed E-state index contributed by atoms with van der Waals surface area (Å²) >= 11 is 3.69. The van der Waals surface area contributed by atoms with Crippen molar-refractivity contribution in [2.24, 2.45) is 0 Å². The van der Waals surface area contributed by atoms with Gasteiger partial charge in [0.05, 0.1) is 6.04 Å². The van der Waals surface area contributed by atoms with Crippen LogP contribution in [0.4, 0.5) is 0 Å². The lowest BCUT2D eigenvalue weighted by Crippen LogP contribution is -2.30. The molecule has 0 radical (unpaired) electrons. The normalized spacial score (nSPS) is 13.0. The van der Waals surface area contributed by atoms with Crippen LogP contribution in [0.15, 0.2) is 35.0 Å². The molecule has 0 fully saturated rings. The first-order valence-corrected chi connectivity index (χ1v) is 8.90. The van der Waals surface area contributed by atoms with Crippen molar-refractivity contribution >= 4 is 22.7 Å². The van der Waals surface area contributed by atoms with Crippen LogP contribution in [0.2, 0.25) is 0 Å². The van der Waals surface area contributed by atoms with Crippen LogP contribution in [0.1, 0.15) is 55.3 Å². The SMILES string of the molecule is CCCCCC(C)NC(c1cccs1)c1cccs1. The molecule has 2 rings (SSSR count). The van der Waals surface area contributed by atoms with Crippen molar-refractivity contribution in [2.45, 2.75) is 51.6 Å². The van der Waals surface area contributed by atoms with E-state index in [0.29, 0.717) is 12.1 Å². The Hall–Kier alpha value is -0.640. The molecule has 1 N–H and O–H groups in total. The van der Waals surface area contributed by atoms with Crippen molar-refractivity contribution in [3.05, 3.63) is 44.8 Å². The van der Waals surface area contributed by atoms with E-state index in [-0.39, 0.29) is 0 Å². The topological polar surface area (TPSA) is 12.0 Å². The van der Waals surface area contributed by atoms with Crippen molar-refractivity contribution in [3.63, 3.8) is 0 Å². The van der Waals surface area contributed by atoms with Gasteiger partial charge in [0.25, 0.3) is 0 Å². The minimum absolute atomic E-state index is 0.372. The van der Waals surface area contributed by atoms with Gasteiger partial charge in [0.2, 0.25) is 0 Å². The van der Waals surface area contributed by atoms with Crippen molar-refractivity contribution < 1.29 is 0 Å². The molecule has 3 heteroatoms. The van der Waals surface area contributed by atoms with Gasteiger partial charge in [0.15, 0.2) is 0 Å². The first-order chi connectivity index (χ1) is 9.31. The van der Waals surface area contributed by atoms with Crippen LogP contribution in [0.25, 0.3) is 0 Å². The molecular weight excluding hydrogens is 270 g/mol. The Morgan fingerprint density at radius 3 is 2.16 bits per heavy atom. The summed E-state index contributed by atoms with van der Waals surface area (Å²) < 4.78 is 0. The van der Waals surface area contributed by atoms with E-state index in [1.54, 1.807) is 0 Å². The maximum absolute atomic E-state index is 3.80. The summed E-state index contributed by atoms with van der Waals surface area (Å²) in [5, 5.41) is 8.13. The summed E-state index contributed by atoms with van der Waals surface area (Å²) in [6, 6.07) is 9.70. The van der Waals surface area contributed by atoms with E-state index < -0.39 is 0 Å². The Morgan fingerprint density at radius 2 is 1.68 bits per heavy atom. The van der Waals surface area contributed by atoms with Gasteiger partial charge in [-0.1, -0.05) is 38.3 Å². The fourth-order valence-electron chi connectivity index (χ4n) is 2.28. The van der Waals surface area contributed by atoms with Gasteiger partial charge < -0.3 is 5.32 Å². The molecule has 2 aromatic rings. The van der Waals surface area contributed by atoms with Gasteiger partial charge in [0, 0.05) is 15.8 Å². The Balaban J connectivity index is 1.99. The van der Waals surface area contributed by atoms with Crippen LogP contribution in [0.3, 0.4) is 0 Å². The third kappa shape index (κ3) is 4.44. The molecule has 104 valence electrons. The van der Waals surface area contributed by atoms with Crippen LogP contribution in [-0.4, -0.2) is 6.04 Å². The molecule has 1 unspecified atom stereocenters. The molecule has 0 saturated heterocycles. The van der Waals surface area contributed by atoms with E-state index >= 15 is 0 Å². The van der Waals surface area contributed by atoms with Gasteiger partial charge in [-0.3, -0.25) is 0 Å². The predicted octanol–water partition coefficient (Wildman–Crippen LogP) is 5.46. The molecule has 2 heterocycles. The summed E-state index contributed by atoms with van der Waals surface area (Å²) in [6.07, 6.45) is 5.23. The van der Waals surface area contributed by atoms with E-state index in [2.05, 4.69) is 54.2 Å². The van der Waals surface area contributed by atoms with Crippen molar-refractivity contribution in [2.75, 3.05) is 0 Å². The molecule has 0 saturated carbocycles. The highest BCUT2D eigenvalue weighted by molar-refractivity contribution is 7.11. The summed E-state index contributed by atoms with van der Waals surface area (Å²) in [5.74, 6) is 0. The van der Waals surface area contributed by atoms with Gasteiger partial charge >= 0.3 is 0 Å². The Morgan fingerprint density at radius 1 is 1.05 bits per heavy atom. The average Bonchev–Trinajstić information content (AvgIpc) is 3.09. The highest BCUT2D eigenvalue weighted by atomic mass is 32.1. The molecule has 0 bridgehead atoms. The number of unbranched alkanes of at least 4 members (excludes halogenated alkanes) is 2. The van der Waals surface area contributed by atoms with E-state index in [4.69, 9.17) is 0 Å². The van der Waals surface area contributed by atoms with Gasteiger partial charge in [0.1, 0.15) is 0 Å². The predicted molar refractivity (Wildman–Crippen MR) is 87.2 cm³/mol. The van der Waals surface area contributed by atoms with Crippen LogP contribution < -0.4 is 5.32 Å². The zero-order valence-corrected chi connectivity index (χ0v) is 13.4. The molecule has 0 aliphatic carbocycles. The second-order valence-electron chi connectivity index (χ2n) is 5.03. The largest absolute Gasteiger partial charge is 0.302 e. The minimum Gasteiger partial charge on any atom is -0.302 e. The lowest BCUT2D eigenvalue weighted by molar-refractivity contribution is 0.460. The van der Waals surface area contributed by atoms with E-state index in [1.807, 2.05) is 22.7 Å². The van der Waals surface area contributed by atoms with Gasteiger partial charge in [-0.05, 0) is 36.2 Å². The van der Waals surface area contributed by atoms with Crippen molar-refractivity contribution in [1.29, 1.82) is 0 Å². The molecular formula is C16H23NS2. The average molecular weight is 294 g/mol. The maximum Gasteiger partial charge on any atom is 0.0766 e. The number of rotatable bonds is 8. The van der Waals surface area contributed by atoms with Crippen LogP contribution in [0, 0.1) is 0 Å². The Bertz CT molecular complexity index is 399. The molecule has 1 nitrogen and oxygen atoms in total. The highest BCUT2D eigenvalue weighted by Crippen LogP contribution is 2.29. The third-order valence-corrected chi connectivity index (χ3v) is 5.22. The highest BCUT2D eigenvalue weighted by Gasteiger charge is 2.18. The van der Waals surface area contributed by atoms with Crippen LogP contribution in [-0.2, 0) is 0 Å². The van der Waals surface area contributed by atoms with E-state index in [1.165, 1.54) is 35.4 Å². The molecule has 0 spiro atoms. The van der Waals surface area contributed by atoms with Gasteiger partial charge in [-0.2, -0.15) is 0 Å². The lowest BCUT2D eigenvalue weighted by atomic mass is 10.1. The molecule has 0 aliphatic rings. The number of thiophene rings is 2. The van der Waals surface area contributed by atoms with Crippen LogP contribution >= 0.6 is 22.7 Å². The van der Waals surface area contributed by atoms with Crippen molar-refractivity contribution in [1.82, 2.24) is 5.32 Å². The van der Waals surface area contributed by atoms with E-state index in [0.717, 1.165) is 0 Å². The molecule has 0 aromatic carbocycles. The number of hydrogen-bond donors (Lipinski definition) is 1. The smallest absolute Gasteiger partial charge is 0.0766 e. The Labute approximate surface area is 124 Å². The Kier molecular flexibility index (Phi) is 6.08. The summed E-state index contributed by atoms with van der Waals surface area (Å²) in [4.78, 5) is 2.84. The fraction of sp³-hybridized carbons (Fsp3) is 0.500. The standard InChI is InChI=1S/C16H23NS2/c1-3-4-5-8-13(2)17-16(14-9-6-11-18-14)15-10-7-12-19-15/h6-7,9-13,16-17H,3-5,8H2,1-2H3. The molecule has 1 atom stereocenters. The summed E-state index contributed by atoms with van der Waals surface area (Å²) in [5.41, 5.74) is 0. The van der Waals surface area contributed by atoms with Gasteiger partial charge in [-0.25, -0.2) is 0 Å². The van der Waals surface area contributed by atoms with E-state index in [9.17, 15) is 0 Å². The zero-order valence-electron chi connectivity index (χ0n) is 11.8. The first kappa shape index (κ1) is 14.8. The number of hydrogen-bond acceptors (Lipinski definition) is 3. The molecule has 2 aromatic heterocycles. The second-order valence-corrected chi connectivity index (χ2v) is 6.99. The minimum atomic E-state index is 0.372. The zero-order chi connectivity index (χ0) is 13.5. The maximum atomic E-state index is 3.80. The summed E-state index contributed by atoms with van der Waals surface area (Å²) in [7, 11) is 0. The monoisotopic (exact) mass is 293 g/mol. The molecule has 0 aliphatic heterocycles. The fourth-order valence-corrected chi connectivity index (χ4v) is 3.96. The van der Waals surface area contributed by atoms with Crippen molar-refractivity contribution in [3.8, 4) is 0 Å². The van der Waals surface area contributed by atoms with Gasteiger partial charge in [-0.15, -0.1) is 22.7 Å².